The zero-order chi connectivity index (χ0) is 4.83. The smallest absolute Gasteiger partial charge is 0.0927 e. The van der Waals surface area contributed by atoms with E-state index in [2.05, 4.69) is 5.32 Å². The molecule has 0 aromatic rings. The molecule has 0 atom stereocenters. The molecule has 0 rings (SSSR count). The first-order chi connectivity index (χ1) is 2.91. The van der Waals surface area contributed by atoms with Gasteiger partial charge in [-0.25, -0.2) is 0 Å². The van der Waals surface area contributed by atoms with Crippen molar-refractivity contribution in [1.82, 2.24) is 5.32 Å². The van der Waals surface area contributed by atoms with Crippen LogP contribution in [-0.2, 0) is 0 Å². The molecule has 0 amide bonds. The van der Waals surface area contributed by atoms with Crippen LogP contribution in [0.3, 0.4) is 0 Å². The Morgan fingerprint density at radius 3 is 2.67 bits per heavy atom. The second-order valence-corrected chi connectivity index (χ2v) is 0.751. The standard InChI is InChI=1S/C4H6N2/c1-6-4-2-3-5/h2,4,6H,1H3. The normalized spacial score (nSPS) is 8.00. The number of nitrogens with zero attached hydrogens (tertiary/aromatic N) is 1. The quantitative estimate of drug-likeness (QED) is 0.460. The van der Waals surface area contributed by atoms with E-state index in [0.29, 0.717) is 0 Å². The van der Waals surface area contributed by atoms with Gasteiger partial charge in [-0.3, -0.25) is 0 Å². The predicted octanol–water partition coefficient (Wildman–Crippen LogP) is 0.243. The number of nitrogens with one attached hydrogen (secondary N) is 1. The van der Waals surface area contributed by atoms with Crippen LogP contribution in [0.1, 0.15) is 0 Å². The van der Waals surface area contributed by atoms with Crippen molar-refractivity contribution in [1.29, 1.82) is 5.26 Å². The lowest BCUT2D eigenvalue weighted by Crippen LogP contribution is -1.89. The van der Waals surface area contributed by atoms with Crippen molar-refractivity contribution in [3.8, 4) is 6.07 Å². The third-order valence-electron chi connectivity index (χ3n) is 0.325. The molecule has 32 valence electrons. The van der Waals surface area contributed by atoms with E-state index in [1.54, 1.807) is 13.2 Å². The SMILES string of the molecule is CNC=CC#N. The van der Waals surface area contributed by atoms with Crippen molar-refractivity contribution in [3.05, 3.63) is 12.3 Å². The van der Waals surface area contributed by atoms with Crippen LogP contribution in [0.2, 0.25) is 0 Å². The predicted molar refractivity (Wildman–Crippen MR) is 23.8 cm³/mol. The Hall–Kier alpha value is -0.970. The molecule has 2 heteroatoms. The summed E-state index contributed by atoms with van der Waals surface area (Å²) in [6, 6.07) is 1.83. The van der Waals surface area contributed by atoms with Gasteiger partial charge in [0.05, 0.1) is 6.07 Å². The van der Waals surface area contributed by atoms with E-state index >= 15 is 0 Å². The van der Waals surface area contributed by atoms with Gasteiger partial charge in [-0.1, -0.05) is 0 Å². The van der Waals surface area contributed by atoms with Crippen LogP contribution in [0, 0.1) is 11.3 Å². The highest BCUT2D eigenvalue weighted by atomic mass is 14.8. The highest BCUT2D eigenvalue weighted by Gasteiger charge is 1.53. The van der Waals surface area contributed by atoms with Crippen molar-refractivity contribution < 1.29 is 0 Å². The van der Waals surface area contributed by atoms with Crippen molar-refractivity contribution >= 4 is 0 Å². The van der Waals surface area contributed by atoms with Gasteiger partial charge in [0.15, 0.2) is 0 Å². The summed E-state index contributed by atoms with van der Waals surface area (Å²) in [5.41, 5.74) is 0. The molecule has 0 aliphatic rings. The van der Waals surface area contributed by atoms with Crippen LogP contribution < -0.4 is 5.32 Å². The van der Waals surface area contributed by atoms with Crippen LogP contribution in [-0.4, -0.2) is 7.05 Å². The third kappa shape index (κ3) is 3.03. The number of nitriles is 1. The van der Waals surface area contributed by atoms with Crippen LogP contribution in [0.4, 0.5) is 0 Å². The Kier molecular flexibility index (Phi) is 3.38. The fraction of sp³-hybridized carbons (Fsp3) is 0.250. The lowest BCUT2D eigenvalue weighted by molar-refractivity contribution is 1.10. The minimum atomic E-state index is 1.38. The van der Waals surface area contributed by atoms with Gasteiger partial charge in [-0.2, -0.15) is 5.26 Å². The average molecular weight is 82.1 g/mol. The maximum absolute atomic E-state index is 7.82. The molecule has 0 bridgehead atoms. The first kappa shape index (κ1) is 5.03. The molecule has 0 unspecified atom stereocenters. The summed E-state index contributed by atoms with van der Waals surface area (Å²) in [6.45, 7) is 0. The summed E-state index contributed by atoms with van der Waals surface area (Å²) in [5, 5.41) is 10.5. The Bertz CT molecular complexity index is 78.0. The minimum absolute atomic E-state index is 1.38. The van der Waals surface area contributed by atoms with Gasteiger partial charge >= 0.3 is 0 Å². The molecule has 0 aliphatic carbocycles. The molecule has 0 saturated carbocycles. The Morgan fingerprint density at radius 1 is 1.83 bits per heavy atom. The molecule has 1 N–H and O–H groups in total. The monoisotopic (exact) mass is 82.1 g/mol. The van der Waals surface area contributed by atoms with Gasteiger partial charge in [-0.15, -0.1) is 0 Å². The lowest BCUT2D eigenvalue weighted by atomic mass is 10.7. The zero-order valence-corrected chi connectivity index (χ0v) is 3.60. The van der Waals surface area contributed by atoms with E-state index in [9.17, 15) is 0 Å². The van der Waals surface area contributed by atoms with Crippen molar-refractivity contribution in [3.63, 3.8) is 0 Å². The Balaban J connectivity index is 3.02. The minimum Gasteiger partial charge on any atom is -0.393 e. The molecule has 6 heavy (non-hydrogen) atoms. The number of hydrogen-bond acceptors (Lipinski definition) is 2. The topological polar surface area (TPSA) is 35.8 Å². The molecule has 0 aromatic heterocycles. The van der Waals surface area contributed by atoms with Crippen LogP contribution in [0.25, 0.3) is 0 Å². The molecule has 0 heterocycles. The molecule has 2 nitrogen and oxygen atoms in total. The molecule has 0 aromatic carbocycles. The zero-order valence-electron chi connectivity index (χ0n) is 3.60. The van der Waals surface area contributed by atoms with Crippen molar-refractivity contribution in [2.75, 3.05) is 7.05 Å². The molecule has 0 fully saturated rings. The largest absolute Gasteiger partial charge is 0.393 e. The number of allylic oxidation sites excluding steroid dienone is 1. The fourth-order valence-electron chi connectivity index (χ4n) is 0.121. The van der Waals surface area contributed by atoms with E-state index in [-0.39, 0.29) is 0 Å². The summed E-state index contributed by atoms with van der Waals surface area (Å²) in [6.07, 6.45) is 2.94. The molecule has 0 saturated heterocycles. The third-order valence-corrected chi connectivity index (χ3v) is 0.325. The molecular formula is C4H6N2. The van der Waals surface area contributed by atoms with Crippen molar-refractivity contribution in [2.45, 2.75) is 0 Å². The average Bonchev–Trinajstić information content (AvgIpc) is 1.61. The summed E-state index contributed by atoms with van der Waals surface area (Å²) < 4.78 is 0. The number of hydrogen-bond donors (Lipinski definition) is 1. The van der Waals surface area contributed by atoms with E-state index < -0.39 is 0 Å². The fourth-order valence-corrected chi connectivity index (χ4v) is 0.121. The van der Waals surface area contributed by atoms with E-state index in [1.807, 2.05) is 6.07 Å². The van der Waals surface area contributed by atoms with Gasteiger partial charge in [0.2, 0.25) is 0 Å². The van der Waals surface area contributed by atoms with Crippen LogP contribution >= 0.6 is 0 Å². The summed E-state index contributed by atoms with van der Waals surface area (Å²) in [7, 11) is 1.74. The number of rotatable bonds is 1. The van der Waals surface area contributed by atoms with Gasteiger partial charge in [0.1, 0.15) is 0 Å². The van der Waals surface area contributed by atoms with Gasteiger partial charge in [0.25, 0.3) is 0 Å². The molecule has 0 aliphatic heterocycles. The van der Waals surface area contributed by atoms with Gasteiger partial charge in [-0.05, 0) is 0 Å². The first-order valence-electron chi connectivity index (χ1n) is 1.63. The van der Waals surface area contributed by atoms with Gasteiger partial charge < -0.3 is 5.32 Å². The maximum Gasteiger partial charge on any atom is 0.0927 e. The Morgan fingerprint density at radius 2 is 2.50 bits per heavy atom. The highest BCUT2D eigenvalue weighted by Crippen LogP contribution is 1.54. The first-order valence-corrected chi connectivity index (χ1v) is 1.63. The van der Waals surface area contributed by atoms with Gasteiger partial charge in [0, 0.05) is 19.3 Å². The van der Waals surface area contributed by atoms with Crippen LogP contribution in [0.15, 0.2) is 12.3 Å². The summed E-state index contributed by atoms with van der Waals surface area (Å²) in [5.74, 6) is 0. The summed E-state index contributed by atoms with van der Waals surface area (Å²) in [4.78, 5) is 0. The highest BCUT2D eigenvalue weighted by molar-refractivity contribution is 4.99. The van der Waals surface area contributed by atoms with E-state index in [1.165, 1.54) is 6.08 Å². The molecule has 0 spiro atoms. The maximum atomic E-state index is 7.82. The lowest BCUT2D eigenvalue weighted by Gasteiger charge is -1.73. The molecular weight excluding hydrogens is 76.1 g/mol. The second kappa shape index (κ2) is 4.03. The molecule has 0 radical (unpaired) electrons. The Labute approximate surface area is 37.1 Å². The van der Waals surface area contributed by atoms with Crippen LogP contribution in [0.5, 0.6) is 0 Å². The summed E-state index contributed by atoms with van der Waals surface area (Å²) >= 11 is 0. The van der Waals surface area contributed by atoms with Crippen molar-refractivity contribution in [2.24, 2.45) is 0 Å². The second-order valence-electron chi connectivity index (χ2n) is 0.751. The van der Waals surface area contributed by atoms with E-state index in [4.69, 9.17) is 5.26 Å². The van der Waals surface area contributed by atoms with E-state index in [0.717, 1.165) is 0 Å².